The first kappa shape index (κ1) is 17.7. The van der Waals surface area contributed by atoms with E-state index in [0.717, 1.165) is 17.5 Å². The molecular formula is C20H20N2O4. The number of carbonyl (C=O) groups excluding carboxylic acids is 1. The highest BCUT2D eigenvalue weighted by Gasteiger charge is 2.29. The second-order valence-corrected chi connectivity index (χ2v) is 6.91. The van der Waals surface area contributed by atoms with E-state index in [4.69, 9.17) is 4.74 Å². The number of nitrogens with one attached hydrogen (secondary N) is 1. The summed E-state index contributed by atoms with van der Waals surface area (Å²) in [4.78, 5) is 23.4. The number of ether oxygens (including phenoxy) is 1. The van der Waals surface area contributed by atoms with E-state index in [-0.39, 0.29) is 16.8 Å². The second-order valence-electron chi connectivity index (χ2n) is 6.91. The minimum atomic E-state index is -0.541. The fourth-order valence-corrected chi connectivity index (χ4v) is 3.20. The average molecular weight is 352 g/mol. The Morgan fingerprint density at radius 3 is 2.69 bits per heavy atom. The molecule has 0 saturated carbocycles. The zero-order valence-corrected chi connectivity index (χ0v) is 14.9. The SMILES string of the molecule is COc1ccc2c(c1)C(=CC(=O)c1ccccc1[N+](=O)[O-])NC(C)(C)C2. The summed E-state index contributed by atoms with van der Waals surface area (Å²) in [6.07, 6.45) is 2.23. The van der Waals surface area contributed by atoms with Crippen molar-refractivity contribution in [1.82, 2.24) is 5.32 Å². The number of nitro groups is 1. The van der Waals surface area contributed by atoms with Gasteiger partial charge in [0.15, 0.2) is 5.78 Å². The summed E-state index contributed by atoms with van der Waals surface area (Å²) in [7, 11) is 1.59. The topological polar surface area (TPSA) is 81.5 Å². The summed E-state index contributed by atoms with van der Waals surface area (Å²) in [6, 6.07) is 11.7. The van der Waals surface area contributed by atoms with Gasteiger partial charge >= 0.3 is 0 Å². The summed E-state index contributed by atoms with van der Waals surface area (Å²) in [5.74, 6) is 0.278. The van der Waals surface area contributed by atoms with E-state index < -0.39 is 10.7 Å². The number of rotatable bonds is 4. The molecule has 2 aromatic carbocycles. The lowest BCUT2D eigenvalue weighted by Gasteiger charge is -2.35. The molecule has 6 heteroatoms. The number of nitrogens with zero attached hydrogens (tertiary/aromatic N) is 1. The number of benzene rings is 2. The largest absolute Gasteiger partial charge is 0.497 e. The summed E-state index contributed by atoms with van der Waals surface area (Å²) in [5, 5.41) is 14.6. The van der Waals surface area contributed by atoms with Crippen molar-refractivity contribution in [2.45, 2.75) is 25.8 Å². The summed E-state index contributed by atoms with van der Waals surface area (Å²) < 4.78 is 5.29. The normalized spacial score (nSPS) is 16.5. The third kappa shape index (κ3) is 3.44. The maximum Gasteiger partial charge on any atom is 0.280 e. The van der Waals surface area contributed by atoms with Crippen LogP contribution >= 0.6 is 0 Å². The van der Waals surface area contributed by atoms with Crippen LogP contribution in [0, 0.1) is 10.1 Å². The van der Waals surface area contributed by atoms with Crippen molar-refractivity contribution in [1.29, 1.82) is 0 Å². The predicted molar refractivity (Wildman–Crippen MR) is 99.3 cm³/mol. The minimum absolute atomic E-state index is 0.0691. The van der Waals surface area contributed by atoms with E-state index in [9.17, 15) is 14.9 Å². The summed E-state index contributed by atoms with van der Waals surface area (Å²) in [5.41, 5.74) is 2.23. The first-order chi connectivity index (χ1) is 12.3. The van der Waals surface area contributed by atoms with Crippen LogP contribution in [0.3, 0.4) is 0 Å². The van der Waals surface area contributed by atoms with Gasteiger partial charge in [0, 0.05) is 28.9 Å². The van der Waals surface area contributed by atoms with Gasteiger partial charge in [-0.3, -0.25) is 14.9 Å². The van der Waals surface area contributed by atoms with Crippen LogP contribution in [0.4, 0.5) is 5.69 Å². The van der Waals surface area contributed by atoms with Crippen molar-refractivity contribution in [2.75, 3.05) is 7.11 Å². The van der Waals surface area contributed by atoms with Crippen LogP contribution < -0.4 is 10.1 Å². The summed E-state index contributed by atoms with van der Waals surface area (Å²) in [6.45, 7) is 4.09. The molecule has 134 valence electrons. The van der Waals surface area contributed by atoms with Gasteiger partial charge in [0.2, 0.25) is 0 Å². The molecule has 1 N–H and O–H groups in total. The van der Waals surface area contributed by atoms with E-state index in [2.05, 4.69) is 5.32 Å². The fourth-order valence-electron chi connectivity index (χ4n) is 3.20. The molecule has 1 heterocycles. The highest BCUT2D eigenvalue weighted by Crippen LogP contribution is 2.32. The van der Waals surface area contributed by atoms with Crippen molar-refractivity contribution in [3.63, 3.8) is 0 Å². The van der Waals surface area contributed by atoms with Gasteiger partial charge in [-0.15, -0.1) is 0 Å². The molecule has 0 aliphatic carbocycles. The molecular weight excluding hydrogens is 332 g/mol. The van der Waals surface area contributed by atoms with E-state index >= 15 is 0 Å². The maximum absolute atomic E-state index is 12.8. The van der Waals surface area contributed by atoms with Gasteiger partial charge in [-0.2, -0.15) is 0 Å². The number of hydrogen-bond donors (Lipinski definition) is 1. The Hall–Kier alpha value is -3.15. The number of methoxy groups -OCH3 is 1. The lowest BCUT2D eigenvalue weighted by atomic mass is 9.85. The summed E-state index contributed by atoms with van der Waals surface area (Å²) >= 11 is 0. The molecule has 0 atom stereocenters. The molecule has 2 aromatic rings. The van der Waals surface area contributed by atoms with Gasteiger partial charge in [0.1, 0.15) is 5.75 Å². The van der Waals surface area contributed by atoms with Crippen LogP contribution in [-0.2, 0) is 6.42 Å². The Balaban J connectivity index is 2.08. The number of fused-ring (bicyclic) bond motifs is 1. The third-order valence-electron chi connectivity index (χ3n) is 4.35. The zero-order chi connectivity index (χ0) is 18.9. The Morgan fingerprint density at radius 2 is 2.00 bits per heavy atom. The second kappa shape index (κ2) is 6.63. The van der Waals surface area contributed by atoms with Gasteiger partial charge < -0.3 is 10.1 Å². The molecule has 26 heavy (non-hydrogen) atoms. The predicted octanol–water partition coefficient (Wildman–Crippen LogP) is 3.75. The minimum Gasteiger partial charge on any atom is -0.497 e. The van der Waals surface area contributed by atoms with Crippen molar-refractivity contribution in [3.8, 4) is 5.75 Å². The van der Waals surface area contributed by atoms with Gasteiger partial charge in [0.05, 0.1) is 17.6 Å². The zero-order valence-electron chi connectivity index (χ0n) is 14.9. The van der Waals surface area contributed by atoms with Crippen LogP contribution in [0.1, 0.15) is 35.3 Å². The molecule has 0 radical (unpaired) electrons. The molecule has 0 saturated heterocycles. The van der Waals surface area contributed by atoms with Crippen molar-refractivity contribution in [2.24, 2.45) is 0 Å². The van der Waals surface area contributed by atoms with Gasteiger partial charge in [-0.05, 0) is 44.0 Å². The molecule has 0 aromatic heterocycles. The first-order valence-corrected chi connectivity index (χ1v) is 8.26. The van der Waals surface area contributed by atoms with Gasteiger partial charge in [0.25, 0.3) is 5.69 Å². The van der Waals surface area contributed by atoms with Gasteiger partial charge in [-0.1, -0.05) is 18.2 Å². The van der Waals surface area contributed by atoms with Crippen molar-refractivity contribution < 1.29 is 14.5 Å². The molecule has 1 aliphatic rings. The Labute approximate surface area is 151 Å². The fraction of sp³-hybridized carbons (Fsp3) is 0.250. The molecule has 0 bridgehead atoms. The van der Waals surface area contributed by atoms with Crippen LogP contribution in [0.5, 0.6) is 5.75 Å². The van der Waals surface area contributed by atoms with Crippen LogP contribution in [0.2, 0.25) is 0 Å². The average Bonchev–Trinajstić information content (AvgIpc) is 2.60. The van der Waals surface area contributed by atoms with Crippen LogP contribution in [0.15, 0.2) is 48.5 Å². The lowest BCUT2D eigenvalue weighted by molar-refractivity contribution is -0.385. The highest BCUT2D eigenvalue weighted by atomic mass is 16.6. The Morgan fingerprint density at radius 1 is 1.27 bits per heavy atom. The van der Waals surface area contributed by atoms with Crippen molar-refractivity contribution >= 4 is 17.2 Å². The quantitative estimate of drug-likeness (QED) is 0.392. The van der Waals surface area contributed by atoms with E-state index in [1.54, 1.807) is 19.2 Å². The molecule has 0 spiro atoms. The molecule has 1 aliphatic heterocycles. The molecule has 6 nitrogen and oxygen atoms in total. The van der Waals surface area contributed by atoms with E-state index in [1.807, 2.05) is 32.0 Å². The number of hydrogen-bond acceptors (Lipinski definition) is 5. The van der Waals surface area contributed by atoms with Crippen LogP contribution in [0.25, 0.3) is 5.70 Å². The van der Waals surface area contributed by atoms with E-state index in [1.165, 1.54) is 18.2 Å². The van der Waals surface area contributed by atoms with Crippen molar-refractivity contribution in [3.05, 3.63) is 75.3 Å². The molecule has 0 unspecified atom stereocenters. The standard InChI is InChI=1S/C20H20N2O4/c1-20(2)12-13-8-9-14(26-3)10-16(13)17(21-20)11-19(23)15-6-4-5-7-18(15)22(24)25/h4-11,21H,12H2,1-3H3. The van der Waals surface area contributed by atoms with E-state index in [0.29, 0.717) is 11.4 Å². The monoisotopic (exact) mass is 352 g/mol. The van der Waals surface area contributed by atoms with Gasteiger partial charge in [-0.25, -0.2) is 0 Å². The smallest absolute Gasteiger partial charge is 0.280 e. The number of nitro benzene ring substituents is 1. The Kier molecular flexibility index (Phi) is 4.50. The first-order valence-electron chi connectivity index (χ1n) is 8.26. The lowest BCUT2D eigenvalue weighted by Crippen LogP contribution is -2.43. The molecule has 0 amide bonds. The number of ketones is 1. The molecule has 3 rings (SSSR count). The third-order valence-corrected chi connectivity index (χ3v) is 4.35. The number of para-hydroxylation sites is 1. The number of carbonyl (C=O) groups is 1. The number of allylic oxidation sites excluding steroid dienone is 1. The highest BCUT2D eigenvalue weighted by molar-refractivity contribution is 6.11. The molecule has 0 fully saturated rings. The van der Waals surface area contributed by atoms with Crippen LogP contribution in [-0.4, -0.2) is 23.4 Å². The Bertz CT molecular complexity index is 916. The maximum atomic E-state index is 12.8.